The van der Waals surface area contributed by atoms with Crippen LogP contribution in [0, 0.1) is 11.3 Å². The van der Waals surface area contributed by atoms with E-state index in [9.17, 15) is 4.79 Å². The van der Waals surface area contributed by atoms with E-state index < -0.39 is 5.97 Å². The van der Waals surface area contributed by atoms with Crippen molar-refractivity contribution in [1.82, 2.24) is 0 Å². The molecule has 1 aromatic carbocycles. The standard InChI is InChI=1S/C13H11NO2/c1-10(8-12(9-14)13(15)16)7-11-5-3-2-4-6-11/h2-8H,1H3,(H,15,16)/b10-7+,12-8+. The first kappa shape index (κ1) is 11.7. The molecule has 16 heavy (non-hydrogen) atoms. The highest BCUT2D eigenvalue weighted by molar-refractivity contribution is 5.91. The van der Waals surface area contributed by atoms with Crippen LogP contribution in [0.25, 0.3) is 6.08 Å². The van der Waals surface area contributed by atoms with Crippen molar-refractivity contribution in [3.8, 4) is 6.07 Å². The van der Waals surface area contributed by atoms with Crippen molar-refractivity contribution in [2.45, 2.75) is 6.92 Å². The van der Waals surface area contributed by atoms with E-state index >= 15 is 0 Å². The minimum Gasteiger partial charge on any atom is -0.477 e. The molecule has 0 bridgehead atoms. The average Bonchev–Trinajstić information content (AvgIpc) is 2.27. The van der Waals surface area contributed by atoms with E-state index in [0.29, 0.717) is 0 Å². The Morgan fingerprint density at radius 3 is 2.50 bits per heavy atom. The number of aliphatic carboxylic acids is 1. The lowest BCUT2D eigenvalue weighted by Crippen LogP contribution is -1.97. The molecule has 0 heterocycles. The van der Waals surface area contributed by atoms with E-state index in [1.165, 1.54) is 6.08 Å². The van der Waals surface area contributed by atoms with Gasteiger partial charge in [0.15, 0.2) is 0 Å². The van der Waals surface area contributed by atoms with Crippen molar-refractivity contribution in [3.63, 3.8) is 0 Å². The van der Waals surface area contributed by atoms with E-state index in [-0.39, 0.29) is 5.57 Å². The van der Waals surface area contributed by atoms with Crippen molar-refractivity contribution >= 4 is 12.0 Å². The van der Waals surface area contributed by atoms with Gasteiger partial charge < -0.3 is 5.11 Å². The maximum atomic E-state index is 10.6. The Morgan fingerprint density at radius 1 is 1.38 bits per heavy atom. The molecule has 1 N–H and O–H groups in total. The van der Waals surface area contributed by atoms with Gasteiger partial charge in [-0.2, -0.15) is 5.26 Å². The highest BCUT2D eigenvalue weighted by Gasteiger charge is 2.04. The Morgan fingerprint density at radius 2 is 2.00 bits per heavy atom. The van der Waals surface area contributed by atoms with Gasteiger partial charge in [0.1, 0.15) is 11.6 Å². The third-order valence-electron chi connectivity index (χ3n) is 1.92. The van der Waals surface area contributed by atoms with Gasteiger partial charge in [-0.25, -0.2) is 4.79 Å². The quantitative estimate of drug-likeness (QED) is 0.477. The number of rotatable bonds is 3. The fraction of sp³-hybridized carbons (Fsp3) is 0.0769. The summed E-state index contributed by atoms with van der Waals surface area (Å²) in [5.41, 5.74) is 1.44. The zero-order chi connectivity index (χ0) is 12.0. The first-order valence-corrected chi connectivity index (χ1v) is 4.72. The molecule has 80 valence electrons. The van der Waals surface area contributed by atoms with Crippen molar-refractivity contribution < 1.29 is 9.90 Å². The number of carboxylic acids is 1. The molecular formula is C13H11NO2. The largest absolute Gasteiger partial charge is 0.477 e. The number of hydrogen-bond acceptors (Lipinski definition) is 2. The SMILES string of the molecule is CC(=C\c1ccccc1)/C=C(\C#N)C(=O)O. The van der Waals surface area contributed by atoms with Crippen LogP contribution in [0.3, 0.4) is 0 Å². The molecule has 0 atom stereocenters. The molecule has 3 nitrogen and oxygen atoms in total. The molecule has 0 radical (unpaired) electrons. The average molecular weight is 213 g/mol. The fourth-order valence-corrected chi connectivity index (χ4v) is 1.22. The van der Waals surface area contributed by atoms with Gasteiger partial charge in [0.25, 0.3) is 0 Å². The summed E-state index contributed by atoms with van der Waals surface area (Å²) in [6.45, 7) is 1.76. The van der Waals surface area contributed by atoms with Crippen LogP contribution in [-0.2, 0) is 4.79 Å². The van der Waals surface area contributed by atoms with Crippen LogP contribution in [0.5, 0.6) is 0 Å². The van der Waals surface area contributed by atoms with Crippen LogP contribution in [-0.4, -0.2) is 11.1 Å². The number of nitrogens with zero attached hydrogens (tertiary/aromatic N) is 1. The van der Waals surface area contributed by atoms with Crippen LogP contribution in [0.15, 0.2) is 47.6 Å². The molecule has 0 aliphatic rings. The maximum absolute atomic E-state index is 10.6. The zero-order valence-corrected chi connectivity index (χ0v) is 8.84. The molecule has 0 aliphatic heterocycles. The Bertz CT molecular complexity index is 478. The topological polar surface area (TPSA) is 61.1 Å². The molecule has 0 saturated heterocycles. The lowest BCUT2D eigenvalue weighted by molar-refractivity contribution is -0.132. The number of carbonyl (C=O) groups is 1. The highest BCUT2D eigenvalue weighted by atomic mass is 16.4. The molecule has 3 heteroatoms. The molecule has 0 amide bonds. The summed E-state index contributed by atoms with van der Waals surface area (Å²) in [5.74, 6) is -1.21. The van der Waals surface area contributed by atoms with E-state index in [1.54, 1.807) is 13.0 Å². The first-order valence-electron chi connectivity index (χ1n) is 4.72. The Labute approximate surface area is 94.0 Å². The van der Waals surface area contributed by atoms with Crippen molar-refractivity contribution in [1.29, 1.82) is 5.26 Å². The predicted octanol–water partition coefficient (Wildman–Crippen LogP) is 2.62. The predicted molar refractivity (Wildman–Crippen MR) is 61.4 cm³/mol. The van der Waals surface area contributed by atoms with Gasteiger partial charge in [-0.05, 0) is 24.1 Å². The highest BCUT2D eigenvalue weighted by Crippen LogP contribution is 2.09. The smallest absolute Gasteiger partial charge is 0.346 e. The summed E-state index contributed by atoms with van der Waals surface area (Å²) in [6, 6.07) is 11.1. The van der Waals surface area contributed by atoms with Gasteiger partial charge in [0, 0.05) is 0 Å². The van der Waals surface area contributed by atoms with Gasteiger partial charge >= 0.3 is 5.97 Å². The molecule has 0 fully saturated rings. The Hall–Kier alpha value is -2.34. The van der Waals surface area contributed by atoms with E-state index in [2.05, 4.69) is 0 Å². The normalized spacial score (nSPS) is 12.0. The molecule has 1 aromatic rings. The second-order valence-corrected chi connectivity index (χ2v) is 3.27. The number of hydrogen-bond donors (Lipinski definition) is 1. The molecule has 0 spiro atoms. The van der Waals surface area contributed by atoms with Gasteiger partial charge in [-0.3, -0.25) is 0 Å². The van der Waals surface area contributed by atoms with Crippen molar-refractivity contribution in [2.75, 3.05) is 0 Å². The van der Waals surface area contributed by atoms with Crippen LogP contribution < -0.4 is 0 Å². The van der Waals surface area contributed by atoms with Crippen molar-refractivity contribution in [3.05, 3.63) is 53.1 Å². The third-order valence-corrected chi connectivity index (χ3v) is 1.92. The Kier molecular flexibility index (Phi) is 4.05. The Balaban J connectivity index is 2.96. The summed E-state index contributed by atoms with van der Waals surface area (Å²) in [5, 5.41) is 17.3. The van der Waals surface area contributed by atoms with Gasteiger partial charge in [-0.1, -0.05) is 36.4 Å². The summed E-state index contributed by atoms with van der Waals surface area (Å²) in [7, 11) is 0. The summed E-state index contributed by atoms with van der Waals surface area (Å²) in [4.78, 5) is 10.6. The van der Waals surface area contributed by atoms with E-state index in [4.69, 9.17) is 10.4 Å². The molecular weight excluding hydrogens is 202 g/mol. The van der Waals surface area contributed by atoms with E-state index in [0.717, 1.165) is 11.1 Å². The minimum atomic E-state index is -1.21. The van der Waals surface area contributed by atoms with Crippen LogP contribution >= 0.6 is 0 Å². The number of nitriles is 1. The molecule has 1 rings (SSSR count). The zero-order valence-electron chi connectivity index (χ0n) is 8.84. The van der Waals surface area contributed by atoms with Crippen LogP contribution in [0.2, 0.25) is 0 Å². The van der Waals surface area contributed by atoms with Gasteiger partial charge in [-0.15, -0.1) is 0 Å². The minimum absolute atomic E-state index is 0.260. The fourth-order valence-electron chi connectivity index (χ4n) is 1.22. The second-order valence-electron chi connectivity index (χ2n) is 3.27. The first-order chi connectivity index (χ1) is 7.63. The van der Waals surface area contributed by atoms with Crippen LogP contribution in [0.4, 0.5) is 0 Å². The maximum Gasteiger partial charge on any atom is 0.346 e. The van der Waals surface area contributed by atoms with Gasteiger partial charge in [0.2, 0.25) is 0 Å². The molecule has 0 unspecified atom stereocenters. The van der Waals surface area contributed by atoms with Crippen LogP contribution in [0.1, 0.15) is 12.5 Å². The van der Waals surface area contributed by atoms with Crippen molar-refractivity contribution in [2.24, 2.45) is 0 Å². The summed E-state index contributed by atoms with van der Waals surface area (Å²) >= 11 is 0. The monoisotopic (exact) mass is 213 g/mol. The van der Waals surface area contributed by atoms with E-state index in [1.807, 2.05) is 36.4 Å². The third kappa shape index (κ3) is 3.43. The second kappa shape index (κ2) is 5.52. The lowest BCUT2D eigenvalue weighted by atomic mass is 10.1. The molecule has 0 saturated carbocycles. The van der Waals surface area contributed by atoms with Gasteiger partial charge in [0.05, 0.1) is 0 Å². The number of carboxylic acid groups (broad SMARTS) is 1. The molecule has 0 aliphatic carbocycles. The number of benzene rings is 1. The summed E-state index contributed by atoms with van der Waals surface area (Å²) in [6.07, 6.45) is 3.18. The summed E-state index contributed by atoms with van der Waals surface area (Å²) < 4.78 is 0. The number of allylic oxidation sites excluding steroid dienone is 2. The molecule has 0 aromatic heterocycles. The lowest BCUT2D eigenvalue weighted by Gasteiger charge is -1.95.